The number of amides is 1. The topological polar surface area (TPSA) is 67.8 Å². The van der Waals surface area contributed by atoms with Crippen molar-refractivity contribution in [2.75, 3.05) is 44.3 Å². The van der Waals surface area contributed by atoms with Crippen LogP contribution < -0.4 is 14.4 Å². The molecule has 1 aliphatic rings. The van der Waals surface area contributed by atoms with E-state index in [1.807, 2.05) is 41.3 Å². The standard InChI is InChI=1S/C21H24N4O3S/c1-2-14-27-16-5-7-17(8-6-16)28-15-19(26)24-10-12-25(13-11-24)21-23-18-4-3-9-22-20(18)29-21/h3-9H,2,10-15H2,1H3. The Morgan fingerprint density at radius 1 is 1.07 bits per heavy atom. The van der Waals surface area contributed by atoms with Crippen molar-refractivity contribution in [3.63, 3.8) is 0 Å². The fourth-order valence-corrected chi connectivity index (χ4v) is 4.09. The zero-order valence-electron chi connectivity index (χ0n) is 16.4. The number of hydrogen-bond acceptors (Lipinski definition) is 7. The van der Waals surface area contributed by atoms with E-state index in [1.165, 1.54) is 0 Å². The van der Waals surface area contributed by atoms with E-state index in [1.54, 1.807) is 17.5 Å². The van der Waals surface area contributed by atoms with Gasteiger partial charge in [-0.25, -0.2) is 9.97 Å². The van der Waals surface area contributed by atoms with Crippen LogP contribution in [0.25, 0.3) is 10.3 Å². The monoisotopic (exact) mass is 412 g/mol. The minimum Gasteiger partial charge on any atom is -0.494 e. The van der Waals surface area contributed by atoms with Crippen LogP contribution in [0.3, 0.4) is 0 Å². The fraction of sp³-hybridized carbons (Fsp3) is 0.381. The van der Waals surface area contributed by atoms with Gasteiger partial charge in [-0.1, -0.05) is 18.3 Å². The molecule has 1 amide bonds. The van der Waals surface area contributed by atoms with Crippen LogP contribution in [-0.4, -0.2) is 60.2 Å². The van der Waals surface area contributed by atoms with E-state index in [0.717, 1.165) is 40.7 Å². The van der Waals surface area contributed by atoms with Crippen molar-refractivity contribution < 1.29 is 14.3 Å². The molecule has 3 aromatic rings. The maximum absolute atomic E-state index is 12.5. The molecule has 7 nitrogen and oxygen atoms in total. The molecule has 1 fully saturated rings. The molecule has 0 aliphatic carbocycles. The van der Waals surface area contributed by atoms with E-state index < -0.39 is 0 Å². The van der Waals surface area contributed by atoms with E-state index >= 15 is 0 Å². The minimum atomic E-state index is 0.00178. The molecular weight excluding hydrogens is 388 g/mol. The Hall–Kier alpha value is -2.87. The third-order valence-corrected chi connectivity index (χ3v) is 5.76. The summed E-state index contributed by atoms with van der Waals surface area (Å²) in [6.07, 6.45) is 2.75. The number of thiazole rings is 1. The first kappa shape index (κ1) is 19.4. The summed E-state index contributed by atoms with van der Waals surface area (Å²) in [7, 11) is 0. The minimum absolute atomic E-state index is 0.00178. The van der Waals surface area contributed by atoms with E-state index in [-0.39, 0.29) is 12.5 Å². The third kappa shape index (κ3) is 4.76. The molecule has 2 aromatic heterocycles. The molecule has 8 heteroatoms. The van der Waals surface area contributed by atoms with Crippen molar-refractivity contribution in [2.45, 2.75) is 13.3 Å². The van der Waals surface area contributed by atoms with Gasteiger partial charge in [0.25, 0.3) is 5.91 Å². The highest BCUT2D eigenvalue weighted by Crippen LogP contribution is 2.27. The molecule has 0 saturated carbocycles. The normalized spacial score (nSPS) is 14.2. The molecule has 1 saturated heterocycles. The molecule has 0 radical (unpaired) electrons. The van der Waals surface area contributed by atoms with Gasteiger partial charge in [-0.2, -0.15) is 0 Å². The number of nitrogens with zero attached hydrogens (tertiary/aromatic N) is 4. The van der Waals surface area contributed by atoms with Gasteiger partial charge in [0, 0.05) is 32.4 Å². The Morgan fingerprint density at radius 2 is 1.79 bits per heavy atom. The summed E-state index contributed by atoms with van der Waals surface area (Å²) in [5.74, 6) is 1.48. The van der Waals surface area contributed by atoms with Crippen LogP contribution in [0.1, 0.15) is 13.3 Å². The maximum Gasteiger partial charge on any atom is 0.260 e. The highest BCUT2D eigenvalue weighted by atomic mass is 32.1. The highest BCUT2D eigenvalue weighted by Gasteiger charge is 2.23. The number of carbonyl (C=O) groups excluding carboxylic acids is 1. The molecule has 0 atom stereocenters. The van der Waals surface area contributed by atoms with Crippen molar-refractivity contribution in [3.8, 4) is 11.5 Å². The van der Waals surface area contributed by atoms with Gasteiger partial charge >= 0.3 is 0 Å². The van der Waals surface area contributed by atoms with Crippen LogP contribution in [-0.2, 0) is 4.79 Å². The summed E-state index contributed by atoms with van der Waals surface area (Å²) >= 11 is 1.59. The van der Waals surface area contributed by atoms with Gasteiger partial charge in [0.05, 0.1) is 6.61 Å². The number of hydrogen-bond donors (Lipinski definition) is 0. The zero-order chi connectivity index (χ0) is 20.1. The number of benzene rings is 1. The average Bonchev–Trinajstić information content (AvgIpc) is 3.21. The van der Waals surface area contributed by atoms with E-state index in [2.05, 4.69) is 21.8 Å². The Labute approximate surface area is 173 Å². The quantitative estimate of drug-likeness (QED) is 0.594. The van der Waals surface area contributed by atoms with Gasteiger partial charge in [-0.15, -0.1) is 0 Å². The molecule has 1 aromatic carbocycles. The number of anilines is 1. The van der Waals surface area contributed by atoms with Gasteiger partial charge in [-0.3, -0.25) is 4.79 Å². The summed E-state index contributed by atoms with van der Waals surface area (Å²) < 4.78 is 11.2. The number of ether oxygens (including phenoxy) is 2. The predicted molar refractivity (Wildman–Crippen MR) is 114 cm³/mol. The number of carbonyl (C=O) groups is 1. The lowest BCUT2D eigenvalue weighted by molar-refractivity contribution is -0.133. The SMILES string of the molecule is CCCOc1ccc(OCC(=O)N2CCN(c3nc4cccnc4s3)CC2)cc1. The van der Waals surface area contributed by atoms with Crippen LogP contribution in [0, 0.1) is 0 Å². The lowest BCUT2D eigenvalue weighted by Gasteiger charge is -2.34. The van der Waals surface area contributed by atoms with Gasteiger partial charge in [0.2, 0.25) is 0 Å². The maximum atomic E-state index is 12.5. The summed E-state index contributed by atoms with van der Waals surface area (Å²) in [6, 6.07) is 11.3. The molecule has 0 bridgehead atoms. The molecule has 3 heterocycles. The van der Waals surface area contributed by atoms with Crippen molar-refractivity contribution in [3.05, 3.63) is 42.6 Å². The summed E-state index contributed by atoms with van der Waals surface area (Å²) in [4.78, 5) is 26.5. The van der Waals surface area contributed by atoms with Gasteiger partial charge in [-0.05, 0) is 42.8 Å². The van der Waals surface area contributed by atoms with Crippen LogP contribution in [0.2, 0.25) is 0 Å². The third-order valence-electron chi connectivity index (χ3n) is 4.72. The second-order valence-corrected chi connectivity index (χ2v) is 7.76. The number of aromatic nitrogens is 2. The lowest BCUT2D eigenvalue weighted by Crippen LogP contribution is -2.50. The van der Waals surface area contributed by atoms with Crippen LogP contribution >= 0.6 is 11.3 Å². The summed E-state index contributed by atoms with van der Waals surface area (Å²) in [5.41, 5.74) is 0.922. The number of pyridine rings is 1. The Morgan fingerprint density at radius 3 is 2.48 bits per heavy atom. The molecular formula is C21H24N4O3S. The first-order valence-corrected chi connectivity index (χ1v) is 10.6. The first-order chi connectivity index (χ1) is 14.2. The molecule has 29 heavy (non-hydrogen) atoms. The van der Waals surface area contributed by atoms with Gasteiger partial charge in [0.15, 0.2) is 11.7 Å². The lowest BCUT2D eigenvalue weighted by atomic mass is 10.3. The number of fused-ring (bicyclic) bond motifs is 1. The molecule has 152 valence electrons. The summed E-state index contributed by atoms with van der Waals surface area (Å²) in [6.45, 7) is 5.65. The van der Waals surface area contributed by atoms with Gasteiger partial charge < -0.3 is 19.3 Å². The number of rotatable bonds is 7. The molecule has 1 aliphatic heterocycles. The number of piperazine rings is 1. The molecule has 0 spiro atoms. The average molecular weight is 413 g/mol. The summed E-state index contributed by atoms with van der Waals surface area (Å²) in [5, 5.41) is 0.965. The van der Waals surface area contributed by atoms with Crippen LogP contribution in [0.4, 0.5) is 5.13 Å². The molecule has 0 unspecified atom stereocenters. The second-order valence-electron chi connectivity index (χ2n) is 6.80. The Kier molecular flexibility index (Phi) is 6.09. The largest absolute Gasteiger partial charge is 0.494 e. The fourth-order valence-electron chi connectivity index (χ4n) is 3.13. The molecule has 4 rings (SSSR count). The van der Waals surface area contributed by atoms with E-state index in [0.29, 0.717) is 25.4 Å². The highest BCUT2D eigenvalue weighted by molar-refractivity contribution is 7.21. The first-order valence-electron chi connectivity index (χ1n) is 9.83. The van der Waals surface area contributed by atoms with E-state index in [4.69, 9.17) is 9.47 Å². The van der Waals surface area contributed by atoms with Crippen molar-refractivity contribution in [1.82, 2.24) is 14.9 Å². The Bertz CT molecular complexity index is 919. The van der Waals surface area contributed by atoms with Crippen LogP contribution in [0.5, 0.6) is 11.5 Å². The van der Waals surface area contributed by atoms with Crippen molar-refractivity contribution >= 4 is 32.7 Å². The van der Waals surface area contributed by atoms with Crippen molar-refractivity contribution in [1.29, 1.82) is 0 Å². The molecule has 0 N–H and O–H groups in total. The van der Waals surface area contributed by atoms with Gasteiger partial charge in [0.1, 0.15) is 21.8 Å². The van der Waals surface area contributed by atoms with E-state index in [9.17, 15) is 4.79 Å². The second kappa shape index (κ2) is 9.09. The van der Waals surface area contributed by atoms with Crippen molar-refractivity contribution in [2.24, 2.45) is 0 Å². The smallest absolute Gasteiger partial charge is 0.260 e. The Balaban J connectivity index is 1.25. The predicted octanol–water partition coefficient (Wildman–Crippen LogP) is 3.21. The van der Waals surface area contributed by atoms with Crippen LogP contribution in [0.15, 0.2) is 42.6 Å². The zero-order valence-corrected chi connectivity index (χ0v) is 17.2.